The molecule has 0 saturated carbocycles. The molecule has 10 heteroatoms. The normalized spacial score (nSPS) is 22.2. The molecular formula is C30H45N3O6S. The maximum Gasteiger partial charge on any atom is 0.261 e. The van der Waals surface area contributed by atoms with Crippen LogP contribution >= 0.6 is 0 Å². The number of nitrogens with one attached hydrogen (secondary N) is 1. The zero-order valence-corrected chi connectivity index (χ0v) is 25.4. The zero-order valence-electron chi connectivity index (χ0n) is 24.6. The van der Waals surface area contributed by atoms with Crippen molar-refractivity contribution in [2.24, 2.45) is 5.92 Å². The number of likely N-dealkylation sites (N-methyl/N-ethyl adjacent to an activating group) is 1. The highest BCUT2D eigenvalue weighted by atomic mass is 32.2. The fourth-order valence-corrected chi connectivity index (χ4v) is 5.79. The predicted molar refractivity (Wildman–Crippen MR) is 157 cm³/mol. The molecule has 0 unspecified atom stereocenters. The van der Waals surface area contributed by atoms with Crippen LogP contribution in [-0.2, 0) is 14.8 Å². The van der Waals surface area contributed by atoms with Gasteiger partial charge >= 0.3 is 0 Å². The van der Waals surface area contributed by atoms with Gasteiger partial charge in [-0.2, -0.15) is 0 Å². The molecule has 0 spiro atoms. The average molecular weight is 576 g/mol. The quantitative estimate of drug-likeness (QED) is 0.511. The molecule has 0 saturated heterocycles. The van der Waals surface area contributed by atoms with Crippen LogP contribution in [0.4, 0.5) is 5.69 Å². The molecule has 0 bridgehead atoms. The molecule has 0 radical (unpaired) electrons. The fourth-order valence-electron chi connectivity index (χ4n) is 4.74. The van der Waals surface area contributed by atoms with Gasteiger partial charge in [-0.1, -0.05) is 24.6 Å². The van der Waals surface area contributed by atoms with Crippen molar-refractivity contribution in [1.82, 2.24) is 9.80 Å². The number of rotatable bonds is 7. The maximum atomic E-state index is 14.1. The molecule has 1 amide bonds. The minimum absolute atomic E-state index is 0.0187. The molecular weight excluding hydrogens is 530 g/mol. The van der Waals surface area contributed by atoms with Gasteiger partial charge in [-0.3, -0.25) is 9.52 Å². The monoisotopic (exact) mass is 575 g/mol. The number of hydrogen-bond acceptors (Lipinski definition) is 7. The Kier molecular flexibility index (Phi) is 11.4. The molecule has 3 rings (SSSR count). The van der Waals surface area contributed by atoms with Crippen molar-refractivity contribution >= 4 is 21.6 Å². The van der Waals surface area contributed by atoms with Crippen molar-refractivity contribution in [2.75, 3.05) is 45.1 Å². The van der Waals surface area contributed by atoms with E-state index in [2.05, 4.69) is 16.5 Å². The van der Waals surface area contributed by atoms with Crippen LogP contribution in [0, 0.1) is 12.8 Å². The summed E-state index contributed by atoms with van der Waals surface area (Å²) in [4.78, 5) is 18.0. The lowest BCUT2D eigenvalue weighted by Gasteiger charge is -2.35. The first-order valence-corrected chi connectivity index (χ1v) is 15.5. The van der Waals surface area contributed by atoms with E-state index >= 15 is 0 Å². The zero-order chi connectivity index (χ0) is 29.4. The highest BCUT2D eigenvalue weighted by Crippen LogP contribution is 2.29. The summed E-state index contributed by atoms with van der Waals surface area (Å²) in [5, 5.41) is 10.1. The van der Waals surface area contributed by atoms with Gasteiger partial charge in [0, 0.05) is 31.3 Å². The maximum absolute atomic E-state index is 14.1. The summed E-state index contributed by atoms with van der Waals surface area (Å²) in [5.74, 6) is 0.0270. The first kappa shape index (κ1) is 31.9. The van der Waals surface area contributed by atoms with Crippen LogP contribution in [0.15, 0.2) is 47.4 Å². The number of fused-ring (bicyclic) bond motifs is 1. The molecule has 222 valence electrons. The molecule has 2 aromatic carbocycles. The Balaban J connectivity index is 2.02. The standard InChI is InChI=1S/C30H45N3O6S/c1-21-10-13-26(14-11-21)40(36,37)31-25-12-15-28-27(17-25)30(35)33(23(3)20-34)18-22(2)29(19-32(5)6)38-16-8-7-9-24(4)39-28/h10-15,17,22-24,29,31,34H,7-9,16,18-20H2,1-6H3/t22-,23-,24-,29+/m0/s1. The minimum atomic E-state index is -3.87. The summed E-state index contributed by atoms with van der Waals surface area (Å²) in [6, 6.07) is 10.9. The highest BCUT2D eigenvalue weighted by Gasteiger charge is 2.30. The van der Waals surface area contributed by atoms with E-state index in [4.69, 9.17) is 9.47 Å². The van der Waals surface area contributed by atoms with Gasteiger partial charge in [-0.25, -0.2) is 8.42 Å². The van der Waals surface area contributed by atoms with E-state index < -0.39 is 16.1 Å². The number of amides is 1. The first-order chi connectivity index (χ1) is 18.9. The number of aliphatic hydroxyl groups is 1. The molecule has 0 fully saturated rings. The van der Waals surface area contributed by atoms with E-state index in [-0.39, 0.29) is 46.8 Å². The Bertz CT molecular complexity index is 1220. The summed E-state index contributed by atoms with van der Waals surface area (Å²) < 4.78 is 41.3. The molecule has 2 aromatic rings. The second-order valence-corrected chi connectivity index (χ2v) is 12.9. The van der Waals surface area contributed by atoms with Crippen LogP contribution in [-0.4, -0.2) is 87.9 Å². The third-order valence-electron chi connectivity index (χ3n) is 7.18. The summed E-state index contributed by atoms with van der Waals surface area (Å²) in [7, 11) is 0.118. The summed E-state index contributed by atoms with van der Waals surface area (Å²) in [6.45, 7) is 9.16. The van der Waals surface area contributed by atoms with Crippen LogP contribution in [0.2, 0.25) is 0 Å². The Hall–Kier alpha value is -2.66. The van der Waals surface area contributed by atoms with Gasteiger partial charge in [0.25, 0.3) is 15.9 Å². The number of benzene rings is 2. The summed E-state index contributed by atoms with van der Waals surface area (Å²) in [5.41, 5.74) is 1.45. The van der Waals surface area contributed by atoms with Gasteiger partial charge < -0.3 is 24.4 Å². The third-order valence-corrected chi connectivity index (χ3v) is 8.58. The van der Waals surface area contributed by atoms with Gasteiger partial charge in [0.2, 0.25) is 0 Å². The van der Waals surface area contributed by atoms with Crippen molar-refractivity contribution in [2.45, 2.75) is 70.1 Å². The molecule has 0 aromatic heterocycles. The third kappa shape index (κ3) is 8.67. The number of aryl methyl sites for hydroxylation is 1. The molecule has 1 aliphatic heterocycles. The van der Waals surface area contributed by atoms with Crippen molar-refractivity contribution in [3.05, 3.63) is 53.6 Å². The summed E-state index contributed by atoms with van der Waals surface area (Å²) >= 11 is 0. The van der Waals surface area contributed by atoms with Crippen LogP contribution < -0.4 is 9.46 Å². The SMILES string of the molecule is Cc1ccc(S(=O)(=O)Nc2ccc3c(c2)C(=O)N([C@@H](C)CO)C[C@H](C)[C@@H](CN(C)C)OCCCC[C@H](C)O3)cc1. The molecule has 1 aliphatic rings. The van der Waals surface area contributed by atoms with E-state index in [1.54, 1.807) is 48.2 Å². The van der Waals surface area contributed by atoms with E-state index in [0.717, 1.165) is 24.8 Å². The van der Waals surface area contributed by atoms with Gasteiger partial charge in [0.05, 0.1) is 35.3 Å². The van der Waals surface area contributed by atoms with Crippen molar-refractivity contribution in [3.63, 3.8) is 0 Å². The molecule has 4 atom stereocenters. The van der Waals surface area contributed by atoms with Gasteiger partial charge in [0.15, 0.2) is 0 Å². The molecule has 9 nitrogen and oxygen atoms in total. The van der Waals surface area contributed by atoms with Crippen molar-refractivity contribution < 1.29 is 27.8 Å². The second-order valence-electron chi connectivity index (χ2n) is 11.2. The van der Waals surface area contributed by atoms with E-state index in [0.29, 0.717) is 25.4 Å². The van der Waals surface area contributed by atoms with Gasteiger partial charge in [0.1, 0.15) is 5.75 Å². The molecule has 0 aliphatic carbocycles. The lowest BCUT2D eigenvalue weighted by atomic mass is 10.0. The van der Waals surface area contributed by atoms with Crippen molar-refractivity contribution in [1.29, 1.82) is 0 Å². The van der Waals surface area contributed by atoms with Gasteiger partial charge in [-0.05, 0) is 84.5 Å². The molecule has 2 N–H and O–H groups in total. The average Bonchev–Trinajstić information content (AvgIpc) is 2.90. The number of ether oxygens (including phenoxy) is 2. The lowest BCUT2D eigenvalue weighted by Crippen LogP contribution is -2.47. The largest absolute Gasteiger partial charge is 0.490 e. The molecule has 1 heterocycles. The summed E-state index contributed by atoms with van der Waals surface area (Å²) in [6.07, 6.45) is 2.33. The van der Waals surface area contributed by atoms with Crippen molar-refractivity contribution in [3.8, 4) is 5.75 Å². The smallest absolute Gasteiger partial charge is 0.261 e. The first-order valence-electron chi connectivity index (χ1n) is 14.0. The predicted octanol–water partition coefficient (Wildman–Crippen LogP) is 4.15. The number of nitrogens with zero attached hydrogens (tertiary/aromatic N) is 2. The topological polar surface area (TPSA) is 108 Å². The van der Waals surface area contributed by atoms with Crippen LogP contribution in [0.25, 0.3) is 0 Å². The fraction of sp³-hybridized carbons (Fsp3) is 0.567. The second kappa shape index (κ2) is 14.3. The Labute approximate surface area is 239 Å². The Morgan fingerprint density at radius 1 is 1.12 bits per heavy atom. The minimum Gasteiger partial charge on any atom is -0.490 e. The number of anilines is 1. The number of carbonyl (C=O) groups is 1. The molecule has 40 heavy (non-hydrogen) atoms. The number of aliphatic hydroxyl groups excluding tert-OH is 1. The van der Waals surface area contributed by atoms with E-state index in [9.17, 15) is 18.3 Å². The van der Waals surface area contributed by atoms with Crippen LogP contribution in [0.3, 0.4) is 0 Å². The van der Waals surface area contributed by atoms with E-state index in [1.165, 1.54) is 6.07 Å². The number of sulfonamides is 1. The lowest BCUT2D eigenvalue weighted by molar-refractivity contribution is -0.0137. The van der Waals surface area contributed by atoms with Gasteiger partial charge in [-0.15, -0.1) is 0 Å². The van der Waals surface area contributed by atoms with Crippen LogP contribution in [0.5, 0.6) is 5.75 Å². The van der Waals surface area contributed by atoms with E-state index in [1.807, 2.05) is 27.9 Å². The number of hydrogen-bond donors (Lipinski definition) is 2. The van der Waals surface area contributed by atoms with Crippen LogP contribution in [0.1, 0.15) is 56.0 Å². The highest BCUT2D eigenvalue weighted by molar-refractivity contribution is 7.92. The Morgan fingerprint density at radius 2 is 1.82 bits per heavy atom. The number of carbonyl (C=O) groups excluding carboxylic acids is 1. The Morgan fingerprint density at radius 3 is 2.48 bits per heavy atom.